The van der Waals surface area contributed by atoms with E-state index in [1.807, 2.05) is 48.5 Å². The van der Waals surface area contributed by atoms with Gasteiger partial charge in [-0.3, -0.25) is 14.5 Å². The van der Waals surface area contributed by atoms with E-state index in [0.29, 0.717) is 29.5 Å². The van der Waals surface area contributed by atoms with Gasteiger partial charge in [0.15, 0.2) is 5.82 Å². The topological polar surface area (TPSA) is 93.1 Å². The summed E-state index contributed by atoms with van der Waals surface area (Å²) in [6, 6.07) is 18.3. The third kappa shape index (κ3) is 5.17. The number of hydrogen-bond acceptors (Lipinski definition) is 6. The zero-order chi connectivity index (χ0) is 23.2. The van der Waals surface area contributed by atoms with E-state index in [4.69, 9.17) is 14.5 Å². The van der Waals surface area contributed by atoms with Gasteiger partial charge in [-0.2, -0.15) is 0 Å². The first-order chi connectivity index (χ1) is 16.1. The number of methoxy groups -OCH3 is 2. The maximum Gasteiger partial charge on any atom is 0.240 e. The van der Waals surface area contributed by atoms with Crippen LogP contribution < -0.4 is 19.7 Å². The number of carbonyl (C=O) groups is 2. The molecule has 2 aromatic carbocycles. The molecule has 1 N–H and O–H groups in total. The quantitative estimate of drug-likeness (QED) is 0.604. The SMILES string of the molecule is COc1ccc(C2=Nc3cccnc3N(CC(=O)NCc3cccc(OC)c3)C(=O)C2)cc1. The first-order valence-corrected chi connectivity index (χ1v) is 10.4. The second-order valence-corrected chi connectivity index (χ2v) is 7.42. The molecular formula is C25H24N4O4. The molecule has 33 heavy (non-hydrogen) atoms. The molecule has 0 spiro atoms. The molecule has 2 amide bonds. The number of hydrogen-bond donors (Lipinski definition) is 1. The standard InChI is InChI=1S/C25H24N4O4/c1-32-19-10-8-18(9-11-19)22-14-24(31)29(25-21(28-22)7-4-12-26-25)16-23(30)27-15-17-5-3-6-20(13-17)33-2/h3-13H,14-16H2,1-2H3,(H,27,30). The van der Waals surface area contributed by atoms with Crippen molar-refractivity contribution in [2.45, 2.75) is 13.0 Å². The first-order valence-electron chi connectivity index (χ1n) is 10.4. The van der Waals surface area contributed by atoms with Gasteiger partial charge in [0.05, 0.1) is 26.4 Å². The van der Waals surface area contributed by atoms with E-state index in [2.05, 4.69) is 10.3 Å². The van der Waals surface area contributed by atoms with Crippen molar-refractivity contribution >= 4 is 29.0 Å². The molecule has 3 aromatic rings. The van der Waals surface area contributed by atoms with Crippen LogP contribution in [0.25, 0.3) is 0 Å². The van der Waals surface area contributed by atoms with Crippen LogP contribution in [0.3, 0.4) is 0 Å². The number of rotatable bonds is 7. The van der Waals surface area contributed by atoms with Crippen LogP contribution in [0.5, 0.6) is 11.5 Å². The van der Waals surface area contributed by atoms with Gasteiger partial charge in [-0.1, -0.05) is 12.1 Å². The van der Waals surface area contributed by atoms with Gasteiger partial charge in [0.1, 0.15) is 23.7 Å². The smallest absolute Gasteiger partial charge is 0.240 e. The number of aromatic nitrogens is 1. The van der Waals surface area contributed by atoms with Crippen molar-refractivity contribution in [3.63, 3.8) is 0 Å². The second-order valence-electron chi connectivity index (χ2n) is 7.42. The molecule has 0 bridgehead atoms. The summed E-state index contributed by atoms with van der Waals surface area (Å²) in [5, 5.41) is 2.86. The number of ether oxygens (including phenoxy) is 2. The number of amides is 2. The monoisotopic (exact) mass is 444 g/mol. The van der Waals surface area contributed by atoms with E-state index in [1.165, 1.54) is 4.90 Å². The van der Waals surface area contributed by atoms with Crippen molar-refractivity contribution in [3.8, 4) is 11.5 Å². The van der Waals surface area contributed by atoms with Gasteiger partial charge in [-0.05, 0) is 59.7 Å². The lowest BCUT2D eigenvalue weighted by atomic mass is 10.1. The zero-order valence-electron chi connectivity index (χ0n) is 18.4. The summed E-state index contributed by atoms with van der Waals surface area (Å²) in [5.41, 5.74) is 2.85. The van der Waals surface area contributed by atoms with Crippen LogP contribution in [-0.2, 0) is 16.1 Å². The van der Waals surface area contributed by atoms with Crippen LogP contribution in [0.2, 0.25) is 0 Å². The Morgan fingerprint density at radius 3 is 2.58 bits per heavy atom. The van der Waals surface area contributed by atoms with Crippen LogP contribution in [0.4, 0.5) is 11.5 Å². The minimum absolute atomic E-state index is 0.0475. The maximum atomic E-state index is 13.2. The Labute approximate surface area is 191 Å². The van der Waals surface area contributed by atoms with Crippen molar-refractivity contribution < 1.29 is 19.1 Å². The molecule has 0 fully saturated rings. The highest BCUT2D eigenvalue weighted by atomic mass is 16.5. The molecule has 1 aromatic heterocycles. The predicted octanol–water partition coefficient (Wildman–Crippen LogP) is 3.27. The minimum Gasteiger partial charge on any atom is -0.497 e. The molecular weight excluding hydrogens is 420 g/mol. The molecule has 0 radical (unpaired) electrons. The summed E-state index contributed by atoms with van der Waals surface area (Å²) in [6.45, 7) is 0.166. The molecule has 2 heterocycles. The number of nitrogens with one attached hydrogen (secondary N) is 1. The Morgan fingerprint density at radius 2 is 1.82 bits per heavy atom. The van der Waals surface area contributed by atoms with E-state index >= 15 is 0 Å². The third-order valence-corrected chi connectivity index (χ3v) is 5.25. The van der Waals surface area contributed by atoms with Gasteiger partial charge in [0, 0.05) is 12.7 Å². The predicted molar refractivity (Wildman–Crippen MR) is 125 cm³/mol. The number of pyridine rings is 1. The van der Waals surface area contributed by atoms with E-state index in [-0.39, 0.29) is 24.8 Å². The van der Waals surface area contributed by atoms with E-state index in [0.717, 1.165) is 16.9 Å². The molecule has 0 saturated heterocycles. The molecule has 0 saturated carbocycles. The van der Waals surface area contributed by atoms with Crippen molar-refractivity contribution in [2.24, 2.45) is 4.99 Å². The summed E-state index contributed by atoms with van der Waals surface area (Å²) < 4.78 is 10.4. The van der Waals surface area contributed by atoms with Crippen LogP contribution in [0.1, 0.15) is 17.5 Å². The Balaban J connectivity index is 1.51. The van der Waals surface area contributed by atoms with Gasteiger partial charge in [-0.25, -0.2) is 9.98 Å². The largest absolute Gasteiger partial charge is 0.497 e. The minimum atomic E-state index is -0.296. The fraction of sp³-hybridized carbons (Fsp3) is 0.200. The van der Waals surface area contributed by atoms with Gasteiger partial charge in [-0.15, -0.1) is 0 Å². The Bertz CT molecular complexity index is 1190. The fourth-order valence-corrected chi connectivity index (χ4v) is 3.52. The van der Waals surface area contributed by atoms with Crippen LogP contribution in [-0.4, -0.2) is 43.3 Å². The normalized spacial score (nSPS) is 13.0. The van der Waals surface area contributed by atoms with Crippen molar-refractivity contribution in [3.05, 3.63) is 78.0 Å². The summed E-state index contributed by atoms with van der Waals surface area (Å²) >= 11 is 0. The molecule has 8 heteroatoms. The third-order valence-electron chi connectivity index (χ3n) is 5.25. The maximum absolute atomic E-state index is 13.2. The van der Waals surface area contributed by atoms with Gasteiger partial charge >= 0.3 is 0 Å². The summed E-state index contributed by atoms with van der Waals surface area (Å²) in [5.74, 6) is 1.25. The summed E-state index contributed by atoms with van der Waals surface area (Å²) in [7, 11) is 3.19. The second kappa shape index (κ2) is 9.95. The Morgan fingerprint density at radius 1 is 1.03 bits per heavy atom. The summed E-state index contributed by atoms with van der Waals surface area (Å²) in [4.78, 5) is 36.3. The highest BCUT2D eigenvalue weighted by Crippen LogP contribution is 2.31. The van der Waals surface area contributed by atoms with Crippen LogP contribution in [0, 0.1) is 0 Å². The molecule has 4 rings (SSSR count). The van der Waals surface area contributed by atoms with Crippen molar-refractivity contribution in [2.75, 3.05) is 25.7 Å². The van der Waals surface area contributed by atoms with E-state index in [9.17, 15) is 9.59 Å². The highest BCUT2D eigenvalue weighted by Gasteiger charge is 2.27. The lowest BCUT2D eigenvalue weighted by molar-refractivity contribution is -0.123. The Kier molecular flexibility index (Phi) is 6.64. The zero-order valence-corrected chi connectivity index (χ0v) is 18.4. The van der Waals surface area contributed by atoms with Crippen molar-refractivity contribution in [1.29, 1.82) is 0 Å². The first kappa shape index (κ1) is 22.0. The number of nitrogens with zero attached hydrogens (tertiary/aromatic N) is 3. The van der Waals surface area contributed by atoms with Crippen molar-refractivity contribution in [1.82, 2.24) is 10.3 Å². The average molecular weight is 444 g/mol. The molecule has 1 aliphatic rings. The lowest BCUT2D eigenvalue weighted by Crippen LogP contribution is -2.41. The molecule has 0 atom stereocenters. The molecule has 0 aliphatic carbocycles. The van der Waals surface area contributed by atoms with Crippen LogP contribution in [0.15, 0.2) is 71.9 Å². The Hall–Kier alpha value is -4.20. The van der Waals surface area contributed by atoms with E-state index < -0.39 is 0 Å². The molecule has 1 aliphatic heterocycles. The lowest BCUT2D eigenvalue weighted by Gasteiger charge is -2.20. The van der Waals surface area contributed by atoms with E-state index in [1.54, 1.807) is 32.5 Å². The molecule has 8 nitrogen and oxygen atoms in total. The number of carbonyl (C=O) groups excluding carboxylic acids is 2. The van der Waals surface area contributed by atoms with Crippen LogP contribution >= 0.6 is 0 Å². The van der Waals surface area contributed by atoms with Gasteiger partial charge in [0.25, 0.3) is 0 Å². The summed E-state index contributed by atoms with van der Waals surface area (Å²) in [6.07, 6.45) is 1.63. The average Bonchev–Trinajstić information content (AvgIpc) is 2.99. The fourth-order valence-electron chi connectivity index (χ4n) is 3.52. The number of benzene rings is 2. The number of fused-ring (bicyclic) bond motifs is 1. The highest BCUT2D eigenvalue weighted by molar-refractivity contribution is 6.18. The molecule has 0 unspecified atom stereocenters. The van der Waals surface area contributed by atoms with Gasteiger partial charge in [0.2, 0.25) is 11.8 Å². The molecule has 168 valence electrons. The number of aliphatic imine (C=N–C) groups is 1. The number of anilines is 1. The van der Waals surface area contributed by atoms with Gasteiger partial charge < -0.3 is 14.8 Å².